The van der Waals surface area contributed by atoms with Crippen molar-refractivity contribution >= 4 is 17.6 Å². The van der Waals surface area contributed by atoms with Crippen molar-refractivity contribution in [2.75, 3.05) is 40.8 Å². The number of pyridine rings is 1. The summed E-state index contributed by atoms with van der Waals surface area (Å²) in [5.74, 6) is 0.0928. The number of hydrogen-bond donors (Lipinski definition) is 1. The third-order valence-corrected chi connectivity index (χ3v) is 7.59. The quantitative estimate of drug-likeness (QED) is 0.484. The maximum atomic E-state index is 13.0. The molecule has 1 aromatic carbocycles. The van der Waals surface area contributed by atoms with Gasteiger partial charge in [-0.05, 0) is 81.1 Å². The van der Waals surface area contributed by atoms with Gasteiger partial charge in [-0.25, -0.2) is 0 Å². The molecule has 2 aliphatic heterocycles. The maximum absolute atomic E-state index is 13.0. The number of carbonyl (C=O) groups excluding carboxylic acids is 1. The van der Waals surface area contributed by atoms with Crippen molar-refractivity contribution in [3.63, 3.8) is 0 Å². The zero-order chi connectivity index (χ0) is 29.9. The van der Waals surface area contributed by atoms with Crippen molar-refractivity contribution in [2.24, 2.45) is 5.73 Å². The molecule has 1 fully saturated rings. The van der Waals surface area contributed by atoms with Crippen molar-refractivity contribution in [1.82, 2.24) is 19.7 Å². The molecule has 2 aliphatic rings. The molecule has 0 saturated carbocycles. The van der Waals surface area contributed by atoms with Gasteiger partial charge in [0.15, 0.2) is 0 Å². The molecule has 1 amide bonds. The molecule has 1 unspecified atom stereocenters. The number of piperidine rings is 1. The molecule has 220 valence electrons. The van der Waals surface area contributed by atoms with Crippen LogP contribution in [-0.2, 0) is 4.74 Å². The van der Waals surface area contributed by atoms with Gasteiger partial charge in [0.2, 0.25) is 0 Å². The Kier molecular flexibility index (Phi) is 9.24. The zero-order valence-corrected chi connectivity index (χ0v) is 24.2. The van der Waals surface area contributed by atoms with E-state index in [1.807, 2.05) is 19.1 Å². The molecule has 7 nitrogen and oxygen atoms in total. The zero-order valence-electron chi connectivity index (χ0n) is 24.2. The lowest BCUT2D eigenvalue weighted by Crippen LogP contribution is -2.41. The predicted octanol–water partition coefficient (Wildman–Crippen LogP) is 5.37. The summed E-state index contributed by atoms with van der Waals surface area (Å²) in [7, 11) is 5.12. The molecule has 0 spiro atoms. The number of nitrogens with zero attached hydrogens (tertiary/aromatic N) is 4. The second kappa shape index (κ2) is 12.5. The molecule has 0 aliphatic carbocycles. The van der Waals surface area contributed by atoms with Crippen LogP contribution in [0.25, 0.3) is 11.6 Å². The Hall–Kier alpha value is -3.63. The first-order valence-corrected chi connectivity index (χ1v) is 13.7. The summed E-state index contributed by atoms with van der Waals surface area (Å²) in [5, 5.41) is 0. The number of amides is 1. The van der Waals surface area contributed by atoms with Gasteiger partial charge in [-0.2, -0.15) is 0 Å². The Morgan fingerprint density at radius 1 is 1.17 bits per heavy atom. The average molecular weight is 570 g/mol. The van der Waals surface area contributed by atoms with E-state index in [1.165, 1.54) is 16.5 Å². The molecule has 1 saturated heterocycles. The van der Waals surface area contributed by atoms with Crippen molar-refractivity contribution < 1.29 is 22.7 Å². The van der Waals surface area contributed by atoms with Crippen molar-refractivity contribution in [3.8, 4) is 0 Å². The minimum absolute atomic E-state index is 0.00196. The molecule has 0 bridgehead atoms. The summed E-state index contributed by atoms with van der Waals surface area (Å²) in [5.41, 5.74) is 12.0. The smallest absolute Gasteiger partial charge is 0.407 e. The number of ether oxygens (including phenoxy) is 1. The summed E-state index contributed by atoms with van der Waals surface area (Å²) in [6.07, 6.45) is 2.98. The highest BCUT2D eigenvalue weighted by Crippen LogP contribution is 2.33. The molecule has 41 heavy (non-hydrogen) atoms. The van der Waals surface area contributed by atoms with Crippen LogP contribution in [0.3, 0.4) is 0 Å². The number of alkyl halides is 3. The summed E-state index contributed by atoms with van der Waals surface area (Å²) in [6.45, 7) is 6.62. The number of likely N-dealkylation sites (tertiary alicyclic amines) is 1. The first kappa shape index (κ1) is 30.3. The van der Waals surface area contributed by atoms with Gasteiger partial charge in [0.1, 0.15) is 11.9 Å². The van der Waals surface area contributed by atoms with Crippen molar-refractivity contribution in [2.45, 2.75) is 45.1 Å². The van der Waals surface area contributed by atoms with Crippen LogP contribution in [0.15, 0.2) is 60.1 Å². The monoisotopic (exact) mass is 569 g/mol. The highest BCUT2D eigenvalue weighted by molar-refractivity contribution is 5.93. The molecule has 0 radical (unpaired) electrons. The van der Waals surface area contributed by atoms with Crippen LogP contribution in [-0.4, -0.2) is 78.9 Å². The minimum atomic E-state index is -4.83. The lowest BCUT2D eigenvalue weighted by atomic mass is 9.88. The van der Waals surface area contributed by atoms with Gasteiger partial charge in [0, 0.05) is 62.5 Å². The summed E-state index contributed by atoms with van der Waals surface area (Å²) < 4.78 is 43.2. The van der Waals surface area contributed by atoms with E-state index < -0.39 is 12.5 Å². The molecule has 1 atom stereocenters. The Balaban J connectivity index is 1.45. The van der Waals surface area contributed by atoms with Crippen LogP contribution in [0, 0.1) is 6.92 Å². The molecule has 4 rings (SSSR count). The third-order valence-electron chi connectivity index (χ3n) is 7.59. The number of aromatic nitrogens is 1. The highest BCUT2D eigenvalue weighted by atomic mass is 19.4. The predicted molar refractivity (Wildman–Crippen MR) is 154 cm³/mol. The van der Waals surface area contributed by atoms with Crippen molar-refractivity contribution in [1.29, 1.82) is 0 Å². The van der Waals surface area contributed by atoms with Gasteiger partial charge in [-0.1, -0.05) is 23.8 Å². The molecule has 10 heteroatoms. The summed E-state index contributed by atoms with van der Waals surface area (Å²) in [6, 6.07) is 9.75. The van der Waals surface area contributed by atoms with E-state index in [0.29, 0.717) is 17.1 Å². The molecular formula is C31H38F3N5O2. The van der Waals surface area contributed by atoms with Gasteiger partial charge in [0.05, 0.1) is 0 Å². The van der Waals surface area contributed by atoms with Gasteiger partial charge >= 0.3 is 6.36 Å². The first-order valence-electron chi connectivity index (χ1n) is 13.7. The molecule has 3 heterocycles. The number of carbonyl (C=O) groups is 1. The Bertz CT molecular complexity index is 1340. The topological polar surface area (TPSA) is 74.9 Å². The largest absolute Gasteiger partial charge is 0.572 e. The molecular weight excluding hydrogens is 531 g/mol. The lowest BCUT2D eigenvalue weighted by Gasteiger charge is -2.32. The Morgan fingerprint density at radius 3 is 2.44 bits per heavy atom. The highest BCUT2D eigenvalue weighted by Gasteiger charge is 2.36. The Morgan fingerprint density at radius 2 is 1.83 bits per heavy atom. The number of aryl methyl sites for hydroxylation is 1. The number of benzene rings is 1. The van der Waals surface area contributed by atoms with Gasteiger partial charge < -0.3 is 20.3 Å². The number of nitrogens with two attached hydrogens (primary N) is 1. The van der Waals surface area contributed by atoms with Crippen LogP contribution in [0.5, 0.6) is 0 Å². The normalized spacial score (nSPS) is 19.1. The second-order valence-electron chi connectivity index (χ2n) is 11.0. The van der Waals surface area contributed by atoms with E-state index in [1.54, 1.807) is 44.5 Å². The molecule has 1 aromatic heterocycles. The number of allylic oxidation sites excluding steroid dienone is 2. The van der Waals surface area contributed by atoms with Crippen LogP contribution < -0.4 is 5.73 Å². The SMILES string of the molecule is C/C(=C\c1c(C2=CN(C)C(N)C(OC(F)(F)F)=C2)ccnc1C)CN1CCC(c2ccc(C(=O)N(C)C)cc2)CC1. The fraction of sp³-hybridized carbons (Fsp3) is 0.419. The van der Waals surface area contributed by atoms with E-state index in [0.717, 1.165) is 54.9 Å². The van der Waals surface area contributed by atoms with E-state index in [9.17, 15) is 18.0 Å². The fourth-order valence-electron chi connectivity index (χ4n) is 5.38. The van der Waals surface area contributed by atoms with Gasteiger partial charge in [-0.15, -0.1) is 13.2 Å². The molecule has 2 aromatic rings. The lowest BCUT2D eigenvalue weighted by molar-refractivity contribution is -0.308. The van der Waals surface area contributed by atoms with E-state index in [-0.39, 0.29) is 11.7 Å². The summed E-state index contributed by atoms with van der Waals surface area (Å²) >= 11 is 0. The van der Waals surface area contributed by atoms with Crippen LogP contribution in [0.4, 0.5) is 13.2 Å². The molecule has 2 N–H and O–H groups in total. The van der Waals surface area contributed by atoms with E-state index in [4.69, 9.17) is 5.73 Å². The van der Waals surface area contributed by atoms with Crippen LogP contribution in [0.1, 0.15) is 58.4 Å². The van der Waals surface area contributed by atoms with Crippen molar-refractivity contribution in [3.05, 3.63) is 88.1 Å². The fourth-order valence-corrected chi connectivity index (χ4v) is 5.38. The minimum Gasteiger partial charge on any atom is -0.407 e. The van der Waals surface area contributed by atoms with E-state index >= 15 is 0 Å². The van der Waals surface area contributed by atoms with Gasteiger partial charge in [-0.3, -0.25) is 14.7 Å². The van der Waals surface area contributed by atoms with E-state index in [2.05, 4.69) is 39.8 Å². The standard InChI is InChI=1S/C31H38F3N5O2/c1-20(18-39-14-11-23(12-15-39)22-6-8-24(9-7-22)30(40)37(3)4)16-27-21(2)36-13-10-26(27)25-17-28(41-31(32,33)34)29(35)38(5)19-25/h6-10,13,16-17,19,23,29H,11-12,14-15,18,35H2,1-5H3/b20-16+. The number of likely N-dealkylation sites (N-methyl/N-ethyl adjacent to an activating group) is 1. The number of rotatable bonds is 7. The first-order chi connectivity index (χ1) is 19.3. The van der Waals surface area contributed by atoms with Gasteiger partial charge in [0.25, 0.3) is 5.91 Å². The number of hydrogen-bond acceptors (Lipinski definition) is 6. The third kappa shape index (κ3) is 7.56. The maximum Gasteiger partial charge on any atom is 0.572 e. The Labute approximate surface area is 239 Å². The van der Waals surface area contributed by atoms with Crippen LogP contribution >= 0.6 is 0 Å². The summed E-state index contributed by atoms with van der Waals surface area (Å²) in [4.78, 5) is 22.1. The number of halogens is 3. The van der Waals surface area contributed by atoms with Crippen LogP contribution in [0.2, 0.25) is 0 Å². The second-order valence-corrected chi connectivity index (χ2v) is 11.0. The average Bonchev–Trinajstić information content (AvgIpc) is 2.91.